The molecule has 0 saturated carbocycles. The number of aromatic nitrogens is 2. The number of para-hydroxylation sites is 3. The van der Waals surface area contributed by atoms with Crippen LogP contribution in [-0.2, 0) is 42.7 Å². The molecule has 0 unspecified atom stereocenters. The number of fused-ring (bicyclic) bond motifs is 4. The maximum Gasteiger partial charge on any atom is 0.136 e. The Hall–Kier alpha value is -7.41. The van der Waals surface area contributed by atoms with E-state index in [2.05, 4.69) is 165 Å². The van der Waals surface area contributed by atoms with Crippen LogP contribution in [0.2, 0.25) is 0 Å². The fraction of sp³-hybridized carbons (Fsp3) is 0.229. The zero-order valence-corrected chi connectivity index (χ0v) is 49.1. The second-order valence-electron chi connectivity index (χ2n) is 24.7. The zero-order chi connectivity index (χ0) is 55.2. The van der Waals surface area contributed by atoms with Crippen LogP contribution >= 0.6 is 0 Å². The van der Waals surface area contributed by atoms with Crippen molar-refractivity contribution in [1.82, 2.24) is 9.55 Å². The molecule has 0 bridgehead atoms. The maximum atomic E-state index is 16.8. The fourth-order valence-electron chi connectivity index (χ4n) is 10.5. The number of halogens is 3. The smallest absolute Gasteiger partial charge is 0.136 e. The predicted octanol–water partition coefficient (Wildman–Crippen LogP) is 19.6. The van der Waals surface area contributed by atoms with Gasteiger partial charge in [-0.25, -0.2) is 18.2 Å². The summed E-state index contributed by atoms with van der Waals surface area (Å²) < 4.78 is 57.5. The standard InChI is InChI=1S/C70H64F3N4O.Pt/c1-67(2,3)46-28-29-74-64(37-46)77-60-23-17-16-22-54(60)55-27-26-52(41-63(55)77)78-53-36-49(70(10,11)12)35-51(40-53)75-42-76(62-25-19-18-24-61(62)75)66-56(45-30-47(68(4,5)6)34-48(31-45)69(7,8)9)32-44(43-20-14-13-15-21-43)33-57(66)65-58(72)38-50(71)39-59(65)73;/h13-39,42H,1-12H3;/q-3;. The van der Waals surface area contributed by atoms with Gasteiger partial charge in [0.1, 0.15) is 23.3 Å². The first-order valence-electron chi connectivity index (χ1n) is 26.7. The Bertz CT molecular complexity index is 3910. The van der Waals surface area contributed by atoms with E-state index in [0.29, 0.717) is 22.9 Å². The molecule has 0 fully saturated rings. The van der Waals surface area contributed by atoms with Gasteiger partial charge in [0.05, 0.1) is 5.56 Å². The number of hydrogen-bond donors (Lipinski definition) is 0. The number of hydrogen-bond acceptors (Lipinski definition) is 4. The predicted molar refractivity (Wildman–Crippen MR) is 315 cm³/mol. The van der Waals surface area contributed by atoms with E-state index in [1.807, 2.05) is 103 Å². The SMILES string of the molecule is CC(C)(C)c1cc(Oc2[c-]c3c(cc2)c2ccccc2n3-c2cc(C(C)(C)C)ccn2)[c-]c(N2[CH-]N(c3c(-c4cc(C(C)(C)C)cc(C(C)(C)C)c4)cc(-c4ccccc4)cc3-c3c(F)cc(F)cc3F)c3ccccc32)c1.[Pt]. The summed E-state index contributed by atoms with van der Waals surface area (Å²) >= 11 is 0. The van der Waals surface area contributed by atoms with E-state index in [9.17, 15) is 4.39 Å². The minimum atomic E-state index is -1.01. The van der Waals surface area contributed by atoms with Crippen LogP contribution in [0.25, 0.3) is 61.0 Å². The third kappa shape index (κ3) is 10.5. The van der Waals surface area contributed by atoms with E-state index in [1.165, 1.54) is 5.56 Å². The van der Waals surface area contributed by atoms with Crippen molar-refractivity contribution in [3.63, 3.8) is 0 Å². The van der Waals surface area contributed by atoms with Gasteiger partial charge in [0.2, 0.25) is 0 Å². The summed E-state index contributed by atoms with van der Waals surface area (Å²) in [6.07, 6.45) is 1.87. The molecule has 9 heteroatoms. The van der Waals surface area contributed by atoms with Crippen molar-refractivity contribution in [2.45, 2.75) is 105 Å². The van der Waals surface area contributed by atoms with Crippen LogP contribution in [0.3, 0.4) is 0 Å². The molecule has 1 aliphatic heterocycles. The molecule has 1 aliphatic rings. The van der Waals surface area contributed by atoms with Crippen molar-refractivity contribution in [2.75, 3.05) is 9.80 Å². The van der Waals surface area contributed by atoms with Crippen LogP contribution in [0.1, 0.15) is 105 Å². The third-order valence-corrected chi connectivity index (χ3v) is 14.9. The van der Waals surface area contributed by atoms with Gasteiger partial charge in [-0.1, -0.05) is 167 Å². The van der Waals surface area contributed by atoms with Gasteiger partial charge in [-0.15, -0.1) is 53.6 Å². The quantitative estimate of drug-likeness (QED) is 0.142. The molecule has 79 heavy (non-hydrogen) atoms. The summed E-state index contributed by atoms with van der Waals surface area (Å²) in [7, 11) is 0. The zero-order valence-electron chi connectivity index (χ0n) is 46.8. The van der Waals surface area contributed by atoms with Crippen molar-refractivity contribution in [3.05, 3.63) is 222 Å². The van der Waals surface area contributed by atoms with Crippen LogP contribution in [0.5, 0.6) is 11.5 Å². The first-order chi connectivity index (χ1) is 36.9. The minimum absolute atomic E-state index is 0. The van der Waals surface area contributed by atoms with Crippen LogP contribution < -0.4 is 14.5 Å². The molecule has 0 N–H and O–H groups in total. The molecule has 2 aromatic heterocycles. The fourth-order valence-corrected chi connectivity index (χ4v) is 10.5. The Morgan fingerprint density at radius 2 is 1.06 bits per heavy atom. The molecule has 0 spiro atoms. The first-order valence-corrected chi connectivity index (χ1v) is 26.7. The maximum absolute atomic E-state index is 16.8. The van der Waals surface area contributed by atoms with Crippen molar-refractivity contribution in [3.8, 4) is 50.7 Å². The van der Waals surface area contributed by atoms with Crippen LogP contribution in [-0.4, -0.2) is 9.55 Å². The van der Waals surface area contributed by atoms with E-state index in [4.69, 9.17) is 9.72 Å². The summed E-state index contributed by atoms with van der Waals surface area (Å²) in [5.74, 6) is -1.24. The van der Waals surface area contributed by atoms with E-state index in [0.717, 1.165) is 90.1 Å². The van der Waals surface area contributed by atoms with E-state index in [1.54, 1.807) is 0 Å². The molecule has 8 aromatic carbocycles. The van der Waals surface area contributed by atoms with Gasteiger partial charge in [0.25, 0.3) is 0 Å². The number of ether oxygens (including phenoxy) is 1. The number of nitrogens with zero attached hydrogens (tertiary/aromatic N) is 4. The van der Waals surface area contributed by atoms with Crippen LogP contribution in [0.15, 0.2) is 164 Å². The summed E-state index contributed by atoms with van der Waals surface area (Å²) in [5.41, 5.74) is 11.2. The van der Waals surface area contributed by atoms with Gasteiger partial charge in [0, 0.05) is 84.6 Å². The monoisotopic (exact) mass is 1230 g/mol. The Morgan fingerprint density at radius 3 is 1.71 bits per heavy atom. The minimum Gasteiger partial charge on any atom is -0.509 e. The number of pyridine rings is 1. The molecule has 10 aromatic rings. The first kappa shape index (κ1) is 54.9. The van der Waals surface area contributed by atoms with Crippen molar-refractivity contribution in [1.29, 1.82) is 0 Å². The average Bonchev–Trinajstić information content (AvgIpc) is 4.09. The largest absolute Gasteiger partial charge is 0.509 e. The Balaban J connectivity index is 0.00000704. The van der Waals surface area contributed by atoms with Crippen molar-refractivity contribution < 1.29 is 39.0 Å². The summed E-state index contributed by atoms with van der Waals surface area (Å²) in [4.78, 5) is 8.95. The average molecular weight is 1230 g/mol. The van der Waals surface area contributed by atoms with Gasteiger partial charge in [-0.2, -0.15) is 6.07 Å². The molecule has 404 valence electrons. The van der Waals surface area contributed by atoms with Crippen LogP contribution in [0.4, 0.5) is 35.9 Å². The van der Waals surface area contributed by atoms with Gasteiger partial charge in [0.15, 0.2) is 0 Å². The topological polar surface area (TPSA) is 33.5 Å². The second-order valence-corrected chi connectivity index (χ2v) is 24.7. The van der Waals surface area contributed by atoms with E-state index in [-0.39, 0.29) is 53.9 Å². The summed E-state index contributed by atoms with van der Waals surface area (Å²) in [6, 6.07) is 57.9. The molecule has 0 radical (unpaired) electrons. The number of rotatable bonds is 8. The number of benzene rings is 8. The molecule has 5 nitrogen and oxygen atoms in total. The van der Waals surface area contributed by atoms with Crippen molar-refractivity contribution >= 4 is 44.6 Å². The Morgan fingerprint density at radius 1 is 0.481 bits per heavy atom. The Labute approximate surface area is 478 Å². The van der Waals surface area contributed by atoms with Crippen molar-refractivity contribution in [2.24, 2.45) is 0 Å². The van der Waals surface area contributed by atoms with E-state index < -0.39 is 17.5 Å². The van der Waals surface area contributed by atoms with Gasteiger partial charge >= 0.3 is 0 Å². The molecule has 0 aliphatic carbocycles. The normalized spacial score (nSPS) is 13.1. The molecule has 0 saturated heterocycles. The van der Waals surface area contributed by atoms with E-state index >= 15 is 8.78 Å². The Kier molecular flexibility index (Phi) is 14.2. The van der Waals surface area contributed by atoms with Gasteiger partial charge in [-0.05, 0) is 103 Å². The molecular formula is C70H64F3N4OPt-3. The molecule has 3 heterocycles. The second kappa shape index (κ2) is 20.4. The van der Waals surface area contributed by atoms with Gasteiger partial charge < -0.3 is 19.1 Å². The van der Waals surface area contributed by atoms with Gasteiger partial charge in [-0.3, -0.25) is 0 Å². The number of anilines is 4. The molecule has 0 atom stereocenters. The molecule has 0 amide bonds. The molecule has 11 rings (SSSR count). The molecular weight excluding hydrogens is 1160 g/mol. The van der Waals surface area contributed by atoms with Crippen LogP contribution in [0, 0.1) is 36.3 Å². The summed E-state index contributed by atoms with van der Waals surface area (Å²) in [5, 5.41) is 2.10. The summed E-state index contributed by atoms with van der Waals surface area (Å²) in [6.45, 7) is 28.2. The third-order valence-electron chi connectivity index (χ3n) is 14.9.